The first-order valence-corrected chi connectivity index (χ1v) is 6.83. The van der Waals surface area contributed by atoms with Gasteiger partial charge in [0.05, 0.1) is 0 Å². The van der Waals surface area contributed by atoms with Gasteiger partial charge in [0.1, 0.15) is 17.3 Å². The molecule has 0 bridgehead atoms. The number of aryl methyl sites for hydroxylation is 1. The summed E-state index contributed by atoms with van der Waals surface area (Å²) in [5.41, 5.74) is 2.10. The molecule has 0 aromatic heterocycles. The molecule has 20 heavy (non-hydrogen) atoms. The zero-order valence-corrected chi connectivity index (χ0v) is 12.5. The van der Waals surface area contributed by atoms with Gasteiger partial charge in [-0.2, -0.15) is 0 Å². The summed E-state index contributed by atoms with van der Waals surface area (Å²) in [5, 5.41) is 0. The van der Waals surface area contributed by atoms with Gasteiger partial charge in [-0.15, -0.1) is 0 Å². The molecule has 0 amide bonds. The highest BCUT2D eigenvalue weighted by molar-refractivity contribution is 5.78. The Kier molecular flexibility index (Phi) is 6.51. The topological polar surface area (TPSA) is 26.3 Å². The first kappa shape index (κ1) is 16.0. The van der Waals surface area contributed by atoms with E-state index >= 15 is 0 Å². The Balaban J connectivity index is 2.91. The largest absolute Gasteiger partial charge is 0.457 e. The summed E-state index contributed by atoms with van der Waals surface area (Å²) in [6.07, 6.45) is 8.95. The maximum atomic E-state index is 11.3. The highest BCUT2D eigenvalue weighted by Gasteiger charge is 2.05. The fourth-order valence-electron chi connectivity index (χ4n) is 1.75. The SMILES string of the molecule is C=C/C(=C\C=C/CC)Oc1ccc(C)c(CC(C)=O)c1. The van der Waals surface area contributed by atoms with Crippen LogP contribution in [0.15, 0.2) is 54.8 Å². The molecule has 0 N–H and O–H groups in total. The minimum atomic E-state index is 0.149. The Morgan fingerprint density at radius 1 is 1.40 bits per heavy atom. The summed E-state index contributed by atoms with van der Waals surface area (Å²) in [6.45, 7) is 9.41. The maximum Gasteiger partial charge on any atom is 0.134 e. The molecule has 0 fully saturated rings. The fourth-order valence-corrected chi connectivity index (χ4v) is 1.75. The summed E-state index contributed by atoms with van der Waals surface area (Å²) >= 11 is 0. The third-order valence-corrected chi connectivity index (χ3v) is 2.83. The monoisotopic (exact) mass is 270 g/mol. The van der Waals surface area contributed by atoms with Crippen molar-refractivity contribution in [3.05, 3.63) is 66.0 Å². The van der Waals surface area contributed by atoms with E-state index in [2.05, 4.69) is 13.5 Å². The second kappa shape index (κ2) is 8.16. The molecular formula is C18H22O2. The van der Waals surface area contributed by atoms with Crippen LogP contribution in [0.2, 0.25) is 0 Å². The van der Waals surface area contributed by atoms with E-state index < -0.39 is 0 Å². The zero-order chi connectivity index (χ0) is 15.0. The summed E-state index contributed by atoms with van der Waals surface area (Å²) < 4.78 is 5.77. The number of carbonyl (C=O) groups is 1. The van der Waals surface area contributed by atoms with Crippen LogP contribution in [0.4, 0.5) is 0 Å². The molecule has 0 aliphatic heterocycles. The molecule has 0 aliphatic carbocycles. The zero-order valence-electron chi connectivity index (χ0n) is 12.5. The van der Waals surface area contributed by atoms with Gasteiger partial charge in [-0.25, -0.2) is 0 Å². The lowest BCUT2D eigenvalue weighted by molar-refractivity contribution is -0.116. The van der Waals surface area contributed by atoms with Crippen molar-refractivity contribution >= 4 is 5.78 Å². The molecule has 0 saturated heterocycles. The Hall–Kier alpha value is -2.09. The molecule has 0 aliphatic rings. The average molecular weight is 270 g/mol. The second-order valence-corrected chi connectivity index (χ2v) is 4.68. The van der Waals surface area contributed by atoms with Crippen LogP contribution < -0.4 is 4.74 Å². The Labute approximate surface area is 121 Å². The van der Waals surface area contributed by atoms with Gasteiger partial charge in [0.15, 0.2) is 0 Å². The first-order valence-electron chi connectivity index (χ1n) is 6.83. The minimum absolute atomic E-state index is 0.149. The molecule has 1 aromatic rings. The van der Waals surface area contributed by atoms with Gasteiger partial charge >= 0.3 is 0 Å². The molecule has 0 heterocycles. The Morgan fingerprint density at radius 2 is 2.15 bits per heavy atom. The lowest BCUT2D eigenvalue weighted by Crippen LogP contribution is -2.00. The number of rotatable bonds is 7. The molecule has 1 rings (SSSR count). The van der Waals surface area contributed by atoms with Crippen molar-refractivity contribution in [2.24, 2.45) is 0 Å². The van der Waals surface area contributed by atoms with E-state index in [0.717, 1.165) is 23.3 Å². The van der Waals surface area contributed by atoms with Crippen LogP contribution in [0.5, 0.6) is 5.75 Å². The number of Topliss-reactive ketones (excluding diaryl/α,β-unsaturated/α-hetero) is 1. The van der Waals surface area contributed by atoms with E-state index in [-0.39, 0.29) is 5.78 Å². The number of allylic oxidation sites excluding steroid dienone is 4. The van der Waals surface area contributed by atoms with Crippen LogP contribution in [0, 0.1) is 6.92 Å². The fraction of sp³-hybridized carbons (Fsp3) is 0.278. The molecule has 2 heteroatoms. The van der Waals surface area contributed by atoms with Crippen molar-refractivity contribution in [1.82, 2.24) is 0 Å². The van der Waals surface area contributed by atoms with Crippen molar-refractivity contribution in [2.45, 2.75) is 33.6 Å². The smallest absolute Gasteiger partial charge is 0.134 e. The van der Waals surface area contributed by atoms with Gasteiger partial charge in [0.2, 0.25) is 0 Å². The lowest BCUT2D eigenvalue weighted by atomic mass is 10.0. The van der Waals surface area contributed by atoms with Gasteiger partial charge < -0.3 is 4.74 Å². The summed E-state index contributed by atoms with van der Waals surface area (Å²) in [5.74, 6) is 1.56. The van der Waals surface area contributed by atoms with Crippen LogP contribution in [0.25, 0.3) is 0 Å². The molecule has 0 radical (unpaired) electrons. The molecule has 106 valence electrons. The average Bonchev–Trinajstić information content (AvgIpc) is 2.41. The summed E-state index contributed by atoms with van der Waals surface area (Å²) in [6, 6.07) is 5.79. The number of carbonyl (C=O) groups excluding carboxylic acids is 1. The van der Waals surface area contributed by atoms with Crippen LogP contribution >= 0.6 is 0 Å². The van der Waals surface area contributed by atoms with Crippen LogP contribution in [0.1, 0.15) is 31.4 Å². The lowest BCUT2D eigenvalue weighted by Gasteiger charge is -2.09. The van der Waals surface area contributed by atoms with Crippen molar-refractivity contribution in [3.63, 3.8) is 0 Å². The van der Waals surface area contributed by atoms with Crippen LogP contribution in [-0.2, 0) is 11.2 Å². The van der Waals surface area contributed by atoms with Crippen LogP contribution in [-0.4, -0.2) is 5.78 Å². The van der Waals surface area contributed by atoms with Crippen LogP contribution in [0.3, 0.4) is 0 Å². The number of hydrogen-bond acceptors (Lipinski definition) is 2. The number of ketones is 1. The number of ether oxygens (including phenoxy) is 1. The molecular weight excluding hydrogens is 248 g/mol. The molecule has 0 unspecified atom stereocenters. The second-order valence-electron chi connectivity index (χ2n) is 4.68. The normalized spacial score (nSPS) is 11.7. The highest BCUT2D eigenvalue weighted by atomic mass is 16.5. The molecule has 0 saturated carbocycles. The number of benzene rings is 1. The molecule has 0 spiro atoms. The quantitative estimate of drug-likeness (QED) is 0.537. The highest BCUT2D eigenvalue weighted by Crippen LogP contribution is 2.20. The third kappa shape index (κ3) is 5.27. The molecule has 1 aromatic carbocycles. The summed E-state index contributed by atoms with van der Waals surface area (Å²) in [4.78, 5) is 11.3. The van der Waals surface area contributed by atoms with Crippen molar-refractivity contribution in [2.75, 3.05) is 0 Å². The van der Waals surface area contributed by atoms with Crippen molar-refractivity contribution in [3.8, 4) is 5.75 Å². The van der Waals surface area contributed by atoms with Crippen molar-refractivity contribution in [1.29, 1.82) is 0 Å². The van der Waals surface area contributed by atoms with E-state index in [4.69, 9.17) is 4.74 Å². The maximum absolute atomic E-state index is 11.3. The van der Waals surface area contributed by atoms with E-state index in [1.807, 2.05) is 43.4 Å². The Bertz CT molecular complexity index is 536. The van der Waals surface area contributed by atoms with E-state index in [1.165, 1.54) is 0 Å². The van der Waals surface area contributed by atoms with Gasteiger partial charge in [-0.05, 0) is 55.7 Å². The van der Waals surface area contributed by atoms with Crippen molar-refractivity contribution < 1.29 is 9.53 Å². The number of hydrogen-bond donors (Lipinski definition) is 0. The third-order valence-electron chi connectivity index (χ3n) is 2.83. The van der Waals surface area contributed by atoms with Gasteiger partial charge in [0, 0.05) is 6.42 Å². The predicted octanol–water partition coefficient (Wildman–Crippen LogP) is 4.54. The predicted molar refractivity (Wildman–Crippen MR) is 83.9 cm³/mol. The first-order chi connectivity index (χ1) is 9.56. The molecule has 2 nitrogen and oxygen atoms in total. The van der Waals surface area contributed by atoms with Gasteiger partial charge in [-0.1, -0.05) is 31.7 Å². The summed E-state index contributed by atoms with van der Waals surface area (Å²) in [7, 11) is 0. The standard InChI is InChI=1S/C18H22O2/c1-5-7-8-9-17(6-2)20-18-11-10-14(3)16(13-18)12-15(4)19/h6-11,13H,2,5,12H2,1,3-4H3/b8-7-,17-9+. The molecule has 0 atom stereocenters. The van der Waals surface area contributed by atoms with Gasteiger partial charge in [-0.3, -0.25) is 4.79 Å². The van der Waals surface area contributed by atoms with E-state index in [9.17, 15) is 4.79 Å². The Morgan fingerprint density at radius 3 is 2.75 bits per heavy atom. The minimum Gasteiger partial charge on any atom is -0.457 e. The van der Waals surface area contributed by atoms with Gasteiger partial charge in [0.25, 0.3) is 0 Å². The van der Waals surface area contributed by atoms with E-state index in [0.29, 0.717) is 12.2 Å². The van der Waals surface area contributed by atoms with E-state index in [1.54, 1.807) is 13.0 Å².